The van der Waals surface area contributed by atoms with Crippen LogP contribution in [-0.4, -0.2) is 35.3 Å². The molecule has 3 N–H and O–H groups in total. The van der Waals surface area contributed by atoms with Gasteiger partial charge < -0.3 is 5.73 Å². The van der Waals surface area contributed by atoms with E-state index in [4.69, 9.17) is 5.73 Å². The first-order valence-corrected chi connectivity index (χ1v) is 8.26. The minimum Gasteiger partial charge on any atom is -0.326 e. The first-order valence-electron chi connectivity index (χ1n) is 7.38. The Kier molecular flexibility index (Phi) is 5.13. The van der Waals surface area contributed by atoms with Gasteiger partial charge in [0.2, 0.25) is 11.8 Å². The summed E-state index contributed by atoms with van der Waals surface area (Å²) >= 11 is 1.65. The van der Waals surface area contributed by atoms with Crippen molar-refractivity contribution in [2.75, 3.05) is 6.54 Å². The van der Waals surface area contributed by atoms with Crippen LogP contribution in [0.1, 0.15) is 43.2 Å². The summed E-state index contributed by atoms with van der Waals surface area (Å²) in [4.78, 5) is 27.0. The lowest BCUT2D eigenvalue weighted by atomic mass is 9.96. The normalized spacial score (nSPS) is 23.0. The van der Waals surface area contributed by atoms with Crippen molar-refractivity contribution in [1.82, 2.24) is 10.2 Å². The molecule has 3 atom stereocenters. The molecule has 0 aliphatic carbocycles. The Hall–Kier alpha value is -1.24. The van der Waals surface area contributed by atoms with Crippen molar-refractivity contribution in [3.05, 3.63) is 21.9 Å². The lowest BCUT2D eigenvalue weighted by Crippen LogP contribution is -2.60. The Morgan fingerprint density at radius 1 is 1.48 bits per heavy atom. The largest absolute Gasteiger partial charge is 0.326 e. The number of aryl methyl sites for hydroxylation is 1. The van der Waals surface area contributed by atoms with Gasteiger partial charge in [-0.05, 0) is 36.8 Å². The maximum Gasteiger partial charge on any atom is 0.243 e. The van der Waals surface area contributed by atoms with Crippen molar-refractivity contribution in [1.29, 1.82) is 0 Å². The highest BCUT2D eigenvalue weighted by atomic mass is 32.1. The molecule has 1 aliphatic heterocycles. The quantitative estimate of drug-likeness (QED) is 0.810. The number of imide groups is 1. The average Bonchev–Trinajstić information content (AvgIpc) is 2.85. The number of carbonyl (C=O) groups is 2. The summed E-state index contributed by atoms with van der Waals surface area (Å²) in [6, 6.07) is 1.57. The van der Waals surface area contributed by atoms with E-state index in [-0.39, 0.29) is 36.5 Å². The van der Waals surface area contributed by atoms with E-state index in [9.17, 15) is 9.59 Å². The van der Waals surface area contributed by atoms with Crippen LogP contribution in [0.4, 0.5) is 0 Å². The molecule has 2 heterocycles. The Morgan fingerprint density at radius 3 is 2.71 bits per heavy atom. The van der Waals surface area contributed by atoms with E-state index in [0.29, 0.717) is 6.42 Å². The number of nitrogens with one attached hydrogen (secondary N) is 1. The summed E-state index contributed by atoms with van der Waals surface area (Å²) in [6.07, 6.45) is 1.46. The number of nitrogens with zero attached hydrogens (tertiary/aromatic N) is 1. The van der Waals surface area contributed by atoms with Crippen LogP contribution >= 0.6 is 11.3 Å². The molecule has 1 aliphatic rings. The maximum absolute atomic E-state index is 12.1. The Morgan fingerprint density at radius 2 is 2.19 bits per heavy atom. The fraction of sp³-hybridized carbons (Fsp3) is 0.600. The molecule has 116 valence electrons. The van der Waals surface area contributed by atoms with Crippen LogP contribution in [-0.2, 0) is 9.59 Å². The summed E-state index contributed by atoms with van der Waals surface area (Å²) in [7, 11) is 0. The molecule has 0 bridgehead atoms. The van der Waals surface area contributed by atoms with Gasteiger partial charge in [-0.2, -0.15) is 0 Å². The van der Waals surface area contributed by atoms with Gasteiger partial charge in [0.1, 0.15) is 0 Å². The van der Waals surface area contributed by atoms with Gasteiger partial charge in [-0.3, -0.25) is 19.8 Å². The van der Waals surface area contributed by atoms with Gasteiger partial charge in [-0.1, -0.05) is 13.8 Å². The summed E-state index contributed by atoms with van der Waals surface area (Å²) in [5, 5.41) is 4.46. The van der Waals surface area contributed by atoms with Crippen molar-refractivity contribution in [3.8, 4) is 0 Å². The minimum atomic E-state index is -0.299. The Labute approximate surface area is 129 Å². The van der Waals surface area contributed by atoms with E-state index in [1.807, 2.05) is 31.1 Å². The van der Waals surface area contributed by atoms with Crippen molar-refractivity contribution >= 4 is 23.2 Å². The molecular weight excluding hydrogens is 286 g/mol. The number of nitrogens with two attached hydrogens (primary N) is 1. The minimum absolute atomic E-state index is 0.0880. The molecule has 2 amide bonds. The molecule has 5 nitrogen and oxygen atoms in total. The molecule has 0 radical (unpaired) electrons. The van der Waals surface area contributed by atoms with Crippen LogP contribution in [0.15, 0.2) is 11.4 Å². The third kappa shape index (κ3) is 3.17. The molecule has 1 saturated heterocycles. The molecule has 0 saturated carbocycles. The standard InChI is InChI=1S/C15H23N3O2S/c1-4-10(16)13(14-9(3)6-7-21-14)18-8-12(19)17-15(20)11(18)5-2/h6-7,10-11,13H,4-5,8,16H2,1-3H3,(H,17,19,20). The zero-order chi connectivity index (χ0) is 15.6. The summed E-state index contributed by atoms with van der Waals surface area (Å²) < 4.78 is 0. The highest BCUT2D eigenvalue weighted by Gasteiger charge is 2.40. The van der Waals surface area contributed by atoms with Crippen LogP contribution in [0.3, 0.4) is 0 Å². The van der Waals surface area contributed by atoms with E-state index in [1.165, 1.54) is 5.56 Å². The van der Waals surface area contributed by atoms with Crippen molar-refractivity contribution in [3.63, 3.8) is 0 Å². The molecule has 2 rings (SSSR count). The monoisotopic (exact) mass is 309 g/mol. The van der Waals surface area contributed by atoms with Crippen LogP contribution in [0.5, 0.6) is 0 Å². The van der Waals surface area contributed by atoms with Crippen LogP contribution < -0.4 is 11.1 Å². The van der Waals surface area contributed by atoms with Crippen molar-refractivity contribution < 1.29 is 9.59 Å². The van der Waals surface area contributed by atoms with Gasteiger partial charge in [-0.15, -0.1) is 11.3 Å². The number of hydrogen-bond donors (Lipinski definition) is 2. The summed E-state index contributed by atoms with van der Waals surface area (Å²) in [6.45, 7) is 6.27. The summed E-state index contributed by atoms with van der Waals surface area (Å²) in [5.74, 6) is -0.455. The number of hydrogen-bond acceptors (Lipinski definition) is 5. The molecule has 1 fully saturated rings. The lowest BCUT2D eigenvalue weighted by molar-refractivity contribution is -0.142. The summed E-state index contributed by atoms with van der Waals surface area (Å²) in [5.41, 5.74) is 7.51. The Bertz CT molecular complexity index is 529. The molecule has 0 spiro atoms. The number of amides is 2. The molecule has 0 aromatic carbocycles. The smallest absolute Gasteiger partial charge is 0.243 e. The van der Waals surface area contributed by atoms with E-state index in [2.05, 4.69) is 11.4 Å². The van der Waals surface area contributed by atoms with Gasteiger partial charge in [0, 0.05) is 10.9 Å². The zero-order valence-corrected chi connectivity index (χ0v) is 13.6. The van der Waals surface area contributed by atoms with Gasteiger partial charge in [0.05, 0.1) is 18.6 Å². The van der Waals surface area contributed by atoms with Gasteiger partial charge in [-0.25, -0.2) is 0 Å². The third-order valence-corrected chi connectivity index (χ3v) is 5.17. The fourth-order valence-corrected chi connectivity index (χ4v) is 4.02. The highest BCUT2D eigenvalue weighted by molar-refractivity contribution is 7.10. The van der Waals surface area contributed by atoms with Gasteiger partial charge >= 0.3 is 0 Å². The molecule has 6 heteroatoms. The average molecular weight is 309 g/mol. The second-order valence-corrected chi connectivity index (χ2v) is 6.44. The first kappa shape index (κ1) is 16.1. The van der Waals surface area contributed by atoms with Crippen molar-refractivity contribution in [2.45, 2.75) is 51.7 Å². The van der Waals surface area contributed by atoms with E-state index in [0.717, 1.165) is 11.3 Å². The molecular formula is C15H23N3O2S. The van der Waals surface area contributed by atoms with Crippen LogP contribution in [0.2, 0.25) is 0 Å². The molecule has 21 heavy (non-hydrogen) atoms. The second kappa shape index (κ2) is 6.68. The maximum atomic E-state index is 12.1. The predicted molar refractivity (Wildman–Crippen MR) is 84.0 cm³/mol. The van der Waals surface area contributed by atoms with Gasteiger partial charge in [0.15, 0.2) is 0 Å². The number of rotatable bonds is 5. The number of piperazine rings is 1. The van der Waals surface area contributed by atoms with E-state index < -0.39 is 0 Å². The SMILES string of the molecule is CCC(N)C(c1sccc1C)N1CC(=O)NC(=O)C1CC. The third-order valence-electron chi connectivity index (χ3n) is 4.08. The predicted octanol–water partition coefficient (Wildman–Crippen LogP) is 1.57. The van der Waals surface area contributed by atoms with Crippen LogP contribution in [0, 0.1) is 6.92 Å². The van der Waals surface area contributed by atoms with Gasteiger partial charge in [0.25, 0.3) is 0 Å². The van der Waals surface area contributed by atoms with E-state index >= 15 is 0 Å². The van der Waals surface area contributed by atoms with Crippen LogP contribution in [0.25, 0.3) is 0 Å². The first-order chi connectivity index (χ1) is 9.99. The second-order valence-electron chi connectivity index (χ2n) is 5.49. The zero-order valence-electron chi connectivity index (χ0n) is 12.8. The molecule has 1 aromatic rings. The number of carbonyl (C=O) groups excluding carboxylic acids is 2. The Balaban J connectivity index is 2.41. The topological polar surface area (TPSA) is 75.4 Å². The lowest BCUT2D eigenvalue weighted by Gasteiger charge is -2.41. The fourth-order valence-electron chi connectivity index (χ4n) is 2.90. The molecule has 3 unspecified atom stereocenters. The highest BCUT2D eigenvalue weighted by Crippen LogP contribution is 2.34. The van der Waals surface area contributed by atoms with E-state index in [1.54, 1.807) is 11.3 Å². The number of thiophene rings is 1. The van der Waals surface area contributed by atoms with Crippen molar-refractivity contribution in [2.24, 2.45) is 5.73 Å². The molecule has 1 aromatic heterocycles.